The molecule has 0 saturated heterocycles. The van der Waals surface area contributed by atoms with E-state index < -0.39 is 0 Å². The summed E-state index contributed by atoms with van der Waals surface area (Å²) in [5.41, 5.74) is 1.13. The first-order chi connectivity index (χ1) is 13.5. The highest BCUT2D eigenvalue weighted by Gasteiger charge is 2.33. The number of esters is 1. The molecule has 0 N–H and O–H groups in total. The van der Waals surface area contributed by atoms with Crippen molar-refractivity contribution in [2.45, 2.75) is 32.2 Å². The molecule has 9 heteroatoms. The van der Waals surface area contributed by atoms with Gasteiger partial charge in [0.05, 0.1) is 25.8 Å². The largest absolute Gasteiger partial charge is 0.469 e. The van der Waals surface area contributed by atoms with E-state index in [1.807, 2.05) is 11.9 Å². The van der Waals surface area contributed by atoms with Gasteiger partial charge in [0.15, 0.2) is 5.65 Å². The lowest BCUT2D eigenvalue weighted by atomic mass is 9.79. The molecule has 0 aliphatic heterocycles. The third-order valence-corrected chi connectivity index (χ3v) is 5.67. The molecule has 1 aliphatic rings. The van der Waals surface area contributed by atoms with E-state index in [1.165, 1.54) is 7.11 Å². The number of anilines is 1. The number of methoxy groups -OCH3 is 2. The van der Waals surface area contributed by atoms with Crippen molar-refractivity contribution >= 4 is 23.1 Å². The van der Waals surface area contributed by atoms with E-state index in [2.05, 4.69) is 9.97 Å². The number of rotatable bonds is 7. The average Bonchev–Trinajstić information content (AvgIpc) is 2.96. The topological polar surface area (TPSA) is 91.5 Å². The molecule has 1 fully saturated rings. The minimum absolute atomic E-state index is 0.0640. The first-order valence-corrected chi connectivity index (χ1v) is 9.68. The summed E-state index contributed by atoms with van der Waals surface area (Å²) in [6.45, 7) is 1.66. The molecule has 0 spiro atoms. The van der Waals surface area contributed by atoms with Crippen molar-refractivity contribution in [3.05, 3.63) is 16.7 Å². The zero-order valence-electron chi connectivity index (χ0n) is 17.1. The number of nitrogens with zero attached hydrogens (tertiary/aromatic N) is 5. The Bertz CT molecular complexity index is 890. The molecule has 2 aromatic heterocycles. The molecule has 154 valence electrons. The van der Waals surface area contributed by atoms with Crippen molar-refractivity contribution in [3.63, 3.8) is 0 Å². The van der Waals surface area contributed by atoms with E-state index in [4.69, 9.17) is 9.47 Å². The maximum atomic E-state index is 12.9. The second-order valence-electron chi connectivity index (χ2n) is 7.42. The molecule has 9 nitrogen and oxygen atoms in total. The molecule has 2 atom stereocenters. The van der Waals surface area contributed by atoms with Gasteiger partial charge in [-0.1, -0.05) is 12.8 Å². The molecular weight excluding hydrogens is 362 g/mol. The smallest absolute Gasteiger partial charge is 0.330 e. The third kappa shape index (κ3) is 3.89. The number of carbonyl (C=O) groups excluding carboxylic acids is 1. The zero-order valence-corrected chi connectivity index (χ0v) is 17.1. The van der Waals surface area contributed by atoms with Crippen molar-refractivity contribution in [1.29, 1.82) is 0 Å². The van der Waals surface area contributed by atoms with Gasteiger partial charge >= 0.3 is 11.7 Å². The Balaban J connectivity index is 1.96. The van der Waals surface area contributed by atoms with E-state index in [0.29, 0.717) is 36.8 Å². The van der Waals surface area contributed by atoms with Gasteiger partial charge in [-0.25, -0.2) is 9.78 Å². The normalized spacial score (nSPS) is 19.7. The van der Waals surface area contributed by atoms with Crippen LogP contribution < -0.4 is 10.6 Å². The summed E-state index contributed by atoms with van der Waals surface area (Å²) in [6.07, 6.45) is 5.44. The van der Waals surface area contributed by atoms with Gasteiger partial charge in [0.2, 0.25) is 5.95 Å². The molecule has 0 bridgehead atoms. The van der Waals surface area contributed by atoms with Crippen LogP contribution in [-0.4, -0.2) is 59.5 Å². The van der Waals surface area contributed by atoms with Crippen molar-refractivity contribution < 1.29 is 14.3 Å². The van der Waals surface area contributed by atoms with Crippen LogP contribution in [0.1, 0.15) is 25.7 Å². The molecule has 0 radical (unpaired) electrons. The van der Waals surface area contributed by atoms with Crippen LogP contribution in [0.2, 0.25) is 0 Å². The molecule has 2 aromatic rings. The fourth-order valence-corrected chi connectivity index (χ4v) is 3.97. The number of aryl methyl sites for hydroxylation is 1. The van der Waals surface area contributed by atoms with Crippen LogP contribution in [0.5, 0.6) is 0 Å². The fourth-order valence-electron chi connectivity index (χ4n) is 3.97. The number of aromatic nitrogens is 4. The van der Waals surface area contributed by atoms with Gasteiger partial charge in [0.1, 0.15) is 5.52 Å². The van der Waals surface area contributed by atoms with E-state index in [1.54, 1.807) is 29.5 Å². The first-order valence-electron chi connectivity index (χ1n) is 9.68. The van der Waals surface area contributed by atoms with Crippen LogP contribution in [0, 0.1) is 11.8 Å². The Morgan fingerprint density at radius 3 is 2.79 bits per heavy atom. The second-order valence-corrected chi connectivity index (χ2v) is 7.42. The van der Waals surface area contributed by atoms with Crippen LogP contribution in [0.4, 0.5) is 5.95 Å². The second kappa shape index (κ2) is 8.72. The predicted octanol–water partition coefficient (Wildman–Crippen LogP) is 1.19. The number of likely N-dealkylation sites (N-methyl/N-ethyl adjacent to an activating group) is 1. The van der Waals surface area contributed by atoms with Gasteiger partial charge in [-0.2, -0.15) is 4.98 Å². The first kappa shape index (κ1) is 20.3. The molecule has 3 rings (SSSR count). The highest BCUT2D eigenvalue weighted by atomic mass is 16.5. The molecule has 0 amide bonds. The summed E-state index contributed by atoms with van der Waals surface area (Å²) in [6, 6.07) is 0. The molecule has 0 aromatic carbocycles. The summed E-state index contributed by atoms with van der Waals surface area (Å²) < 4.78 is 13.3. The lowest BCUT2D eigenvalue weighted by molar-refractivity contribution is -0.148. The summed E-state index contributed by atoms with van der Waals surface area (Å²) in [4.78, 5) is 36.0. The molecule has 28 heavy (non-hydrogen) atoms. The number of imidazole rings is 1. The van der Waals surface area contributed by atoms with Gasteiger partial charge in [0.25, 0.3) is 0 Å². The summed E-state index contributed by atoms with van der Waals surface area (Å²) >= 11 is 0. The monoisotopic (exact) mass is 391 g/mol. The van der Waals surface area contributed by atoms with Crippen LogP contribution in [0.15, 0.2) is 11.0 Å². The summed E-state index contributed by atoms with van der Waals surface area (Å²) in [5.74, 6) is 0.241. The lowest BCUT2D eigenvalue weighted by Crippen LogP contribution is -2.34. The summed E-state index contributed by atoms with van der Waals surface area (Å²) in [7, 11) is 6.68. The van der Waals surface area contributed by atoms with Crippen LogP contribution in [0.25, 0.3) is 11.2 Å². The number of ether oxygens (including phenoxy) is 2. The SMILES string of the molecule is COCCN(C)c1ncc2c(n1)n(CC1CCCCC1C(=O)OC)c(=O)n2C. The van der Waals surface area contributed by atoms with Crippen molar-refractivity contribution in [1.82, 2.24) is 19.1 Å². The number of carbonyl (C=O) groups is 1. The standard InChI is InChI=1S/C19H29N5O4/c1-22(9-10-27-3)18-20-11-15-16(21-18)24(19(26)23(15)2)12-13-7-5-6-8-14(13)17(25)28-4/h11,13-14H,5-10,12H2,1-4H3. The molecular formula is C19H29N5O4. The van der Waals surface area contributed by atoms with Gasteiger partial charge in [0, 0.05) is 34.3 Å². The quantitative estimate of drug-likeness (QED) is 0.655. The number of hydrogen-bond donors (Lipinski definition) is 0. The minimum Gasteiger partial charge on any atom is -0.469 e. The van der Waals surface area contributed by atoms with Crippen molar-refractivity contribution in [2.24, 2.45) is 18.9 Å². The van der Waals surface area contributed by atoms with Crippen molar-refractivity contribution in [2.75, 3.05) is 39.3 Å². The number of hydrogen-bond acceptors (Lipinski definition) is 7. The van der Waals surface area contributed by atoms with Gasteiger partial charge in [-0.3, -0.25) is 13.9 Å². The fraction of sp³-hybridized carbons (Fsp3) is 0.684. The Morgan fingerprint density at radius 1 is 1.32 bits per heavy atom. The Hall–Kier alpha value is -2.42. The maximum absolute atomic E-state index is 12.9. The molecule has 1 aliphatic carbocycles. The van der Waals surface area contributed by atoms with Gasteiger partial charge in [-0.15, -0.1) is 0 Å². The van der Waals surface area contributed by atoms with Crippen LogP contribution in [0.3, 0.4) is 0 Å². The molecule has 2 unspecified atom stereocenters. The zero-order chi connectivity index (χ0) is 20.3. The highest BCUT2D eigenvalue weighted by Crippen LogP contribution is 2.32. The van der Waals surface area contributed by atoms with Crippen LogP contribution in [-0.2, 0) is 27.9 Å². The summed E-state index contributed by atoms with van der Waals surface area (Å²) in [5, 5.41) is 0. The number of fused-ring (bicyclic) bond motifs is 1. The van der Waals surface area contributed by atoms with E-state index >= 15 is 0 Å². The average molecular weight is 391 g/mol. The van der Waals surface area contributed by atoms with Gasteiger partial charge < -0.3 is 14.4 Å². The minimum atomic E-state index is -0.187. The van der Waals surface area contributed by atoms with E-state index in [0.717, 1.165) is 25.7 Å². The Labute approximate surface area is 164 Å². The van der Waals surface area contributed by atoms with E-state index in [9.17, 15) is 9.59 Å². The molecule has 1 saturated carbocycles. The maximum Gasteiger partial charge on any atom is 0.330 e. The van der Waals surface area contributed by atoms with E-state index in [-0.39, 0.29) is 23.5 Å². The Kier molecular flexibility index (Phi) is 6.33. The third-order valence-electron chi connectivity index (χ3n) is 5.67. The predicted molar refractivity (Wildman–Crippen MR) is 105 cm³/mol. The molecule has 2 heterocycles. The highest BCUT2D eigenvalue weighted by molar-refractivity contribution is 5.73. The van der Waals surface area contributed by atoms with Crippen LogP contribution >= 0.6 is 0 Å². The van der Waals surface area contributed by atoms with Crippen molar-refractivity contribution in [3.8, 4) is 0 Å². The lowest BCUT2D eigenvalue weighted by Gasteiger charge is -2.29. The van der Waals surface area contributed by atoms with Gasteiger partial charge in [-0.05, 0) is 18.8 Å². The Morgan fingerprint density at radius 2 is 2.07 bits per heavy atom.